The summed E-state index contributed by atoms with van der Waals surface area (Å²) in [5, 5.41) is 2.68. The molecule has 1 aliphatic heterocycles. The van der Waals surface area contributed by atoms with Gasteiger partial charge in [0.15, 0.2) is 11.5 Å². The van der Waals surface area contributed by atoms with Gasteiger partial charge in [-0.3, -0.25) is 10.1 Å². The highest BCUT2D eigenvalue weighted by Crippen LogP contribution is 2.32. The Balaban J connectivity index is 2.01. The van der Waals surface area contributed by atoms with Crippen molar-refractivity contribution < 1.29 is 23.7 Å². The molecule has 1 aromatic rings. The predicted molar refractivity (Wildman–Crippen MR) is 85.0 cm³/mol. The molecular formula is C16H22N2O5. The van der Waals surface area contributed by atoms with E-state index in [1.165, 1.54) is 0 Å². The summed E-state index contributed by atoms with van der Waals surface area (Å²) in [6.07, 6.45) is 0.662. The van der Waals surface area contributed by atoms with Crippen molar-refractivity contribution in [2.75, 3.05) is 27.1 Å². The third-order valence-electron chi connectivity index (χ3n) is 2.96. The summed E-state index contributed by atoms with van der Waals surface area (Å²) in [4.78, 5) is 16.6. The fourth-order valence-corrected chi connectivity index (χ4v) is 1.93. The van der Waals surface area contributed by atoms with Crippen LogP contribution in [0.3, 0.4) is 0 Å². The van der Waals surface area contributed by atoms with E-state index in [0.29, 0.717) is 30.2 Å². The van der Waals surface area contributed by atoms with Crippen molar-refractivity contribution in [1.82, 2.24) is 5.32 Å². The van der Waals surface area contributed by atoms with Gasteiger partial charge in [0, 0.05) is 25.8 Å². The molecule has 0 saturated heterocycles. The molecule has 0 aliphatic carbocycles. The Kier molecular flexibility index (Phi) is 6.22. The number of methoxy groups -OCH3 is 1. The van der Waals surface area contributed by atoms with E-state index in [4.69, 9.17) is 18.9 Å². The molecule has 0 saturated carbocycles. The first-order valence-corrected chi connectivity index (χ1v) is 7.51. The molecule has 7 nitrogen and oxygen atoms in total. The number of benzene rings is 1. The molecule has 0 unspecified atom stereocenters. The molecule has 0 atom stereocenters. The molecule has 23 heavy (non-hydrogen) atoms. The summed E-state index contributed by atoms with van der Waals surface area (Å²) in [6, 6.07) is 5.21. The molecular weight excluding hydrogens is 300 g/mol. The second-order valence-corrected chi connectivity index (χ2v) is 5.22. The van der Waals surface area contributed by atoms with E-state index >= 15 is 0 Å². The molecule has 0 bridgehead atoms. The molecule has 0 aromatic heterocycles. The molecule has 0 fully saturated rings. The number of amides is 1. The van der Waals surface area contributed by atoms with Crippen molar-refractivity contribution in [3.05, 3.63) is 23.8 Å². The minimum absolute atomic E-state index is 0.0896. The van der Waals surface area contributed by atoms with Crippen LogP contribution in [-0.2, 0) is 9.47 Å². The number of amidine groups is 1. The van der Waals surface area contributed by atoms with Crippen molar-refractivity contribution in [3.8, 4) is 11.5 Å². The highest BCUT2D eigenvalue weighted by Gasteiger charge is 2.17. The summed E-state index contributed by atoms with van der Waals surface area (Å²) in [7, 11) is 1.64. The third kappa shape index (κ3) is 5.14. The van der Waals surface area contributed by atoms with Crippen molar-refractivity contribution in [1.29, 1.82) is 0 Å². The average molecular weight is 322 g/mol. The molecule has 1 heterocycles. The minimum atomic E-state index is -0.311. The standard InChI is InChI=1S/C16H22N2O5/c1-11(2)23-16(17-7-4-8-20-3)18-15(19)12-5-6-13-14(9-12)22-10-21-13/h5-6,9,11H,4,7-8,10H2,1-3H3,(H,17,18,19). The Hall–Kier alpha value is -2.28. The normalized spacial score (nSPS) is 13.3. The number of nitrogens with one attached hydrogen (secondary N) is 1. The van der Waals surface area contributed by atoms with E-state index in [2.05, 4.69) is 10.3 Å². The van der Waals surface area contributed by atoms with Crippen LogP contribution < -0.4 is 14.8 Å². The molecule has 126 valence electrons. The number of carbonyl (C=O) groups excluding carboxylic acids is 1. The van der Waals surface area contributed by atoms with Gasteiger partial charge in [-0.15, -0.1) is 0 Å². The Labute approximate surface area is 135 Å². The lowest BCUT2D eigenvalue weighted by molar-refractivity contribution is 0.0959. The molecule has 0 radical (unpaired) electrons. The smallest absolute Gasteiger partial charge is 0.291 e. The maximum Gasteiger partial charge on any atom is 0.291 e. The lowest BCUT2D eigenvalue weighted by atomic mass is 10.2. The number of aliphatic imine (C=N–C) groups is 1. The van der Waals surface area contributed by atoms with Crippen LogP contribution in [0.1, 0.15) is 30.6 Å². The molecule has 1 N–H and O–H groups in total. The van der Waals surface area contributed by atoms with Crippen LogP contribution in [0.2, 0.25) is 0 Å². The van der Waals surface area contributed by atoms with Crippen LogP contribution in [0.4, 0.5) is 0 Å². The summed E-state index contributed by atoms with van der Waals surface area (Å²) in [6.45, 7) is 5.03. The summed E-state index contributed by atoms with van der Waals surface area (Å²) < 4.78 is 21.0. The number of nitrogens with zero attached hydrogens (tertiary/aromatic N) is 1. The van der Waals surface area contributed by atoms with Gasteiger partial charge in [0.2, 0.25) is 6.79 Å². The monoisotopic (exact) mass is 322 g/mol. The average Bonchev–Trinajstić information content (AvgIpc) is 2.98. The molecule has 1 amide bonds. The number of carbonyl (C=O) groups is 1. The molecule has 0 spiro atoms. The van der Waals surface area contributed by atoms with Gasteiger partial charge < -0.3 is 18.9 Å². The lowest BCUT2D eigenvalue weighted by Crippen LogP contribution is -2.34. The number of rotatable bonds is 6. The fraction of sp³-hybridized carbons (Fsp3) is 0.500. The first-order chi connectivity index (χ1) is 11.1. The predicted octanol–water partition coefficient (Wildman–Crippen LogP) is 1.96. The van der Waals surface area contributed by atoms with E-state index in [1.807, 2.05) is 13.8 Å². The van der Waals surface area contributed by atoms with E-state index in [9.17, 15) is 4.79 Å². The Morgan fingerprint density at radius 2 is 2.13 bits per heavy atom. The third-order valence-corrected chi connectivity index (χ3v) is 2.96. The number of ether oxygens (including phenoxy) is 4. The first-order valence-electron chi connectivity index (χ1n) is 7.51. The van der Waals surface area contributed by atoms with E-state index in [0.717, 1.165) is 6.42 Å². The van der Waals surface area contributed by atoms with Gasteiger partial charge in [0.1, 0.15) is 0 Å². The number of hydrogen-bond acceptors (Lipinski definition) is 6. The maximum atomic E-state index is 12.3. The fourth-order valence-electron chi connectivity index (χ4n) is 1.93. The lowest BCUT2D eigenvalue weighted by Gasteiger charge is -2.13. The largest absolute Gasteiger partial charge is 0.462 e. The molecule has 2 rings (SSSR count). The van der Waals surface area contributed by atoms with Crippen LogP contribution in [0.25, 0.3) is 0 Å². The Morgan fingerprint density at radius 3 is 2.87 bits per heavy atom. The zero-order valence-corrected chi connectivity index (χ0v) is 13.6. The Bertz CT molecular complexity index is 572. The van der Waals surface area contributed by atoms with Crippen molar-refractivity contribution in [2.45, 2.75) is 26.4 Å². The van der Waals surface area contributed by atoms with Crippen molar-refractivity contribution in [2.24, 2.45) is 4.99 Å². The second-order valence-electron chi connectivity index (χ2n) is 5.22. The van der Waals surface area contributed by atoms with Crippen molar-refractivity contribution in [3.63, 3.8) is 0 Å². The second kappa shape index (κ2) is 8.38. The summed E-state index contributed by atoms with van der Waals surface area (Å²) in [5.74, 6) is 0.879. The van der Waals surface area contributed by atoms with E-state index < -0.39 is 0 Å². The minimum Gasteiger partial charge on any atom is -0.462 e. The topological polar surface area (TPSA) is 78.4 Å². The number of hydrogen-bond donors (Lipinski definition) is 1. The van der Waals surface area contributed by atoms with Gasteiger partial charge in [-0.05, 0) is 38.5 Å². The highest BCUT2D eigenvalue weighted by molar-refractivity contribution is 6.04. The molecule has 1 aliphatic rings. The molecule has 7 heteroatoms. The van der Waals surface area contributed by atoms with Gasteiger partial charge in [-0.1, -0.05) is 0 Å². The SMILES string of the molecule is COCCCN=C(NC(=O)c1ccc2c(c1)OCO2)OC(C)C. The van der Waals surface area contributed by atoms with Crippen molar-refractivity contribution >= 4 is 11.9 Å². The molecule has 1 aromatic carbocycles. The maximum absolute atomic E-state index is 12.3. The number of fused-ring (bicyclic) bond motifs is 1. The van der Waals surface area contributed by atoms with Gasteiger partial charge in [-0.2, -0.15) is 0 Å². The Morgan fingerprint density at radius 1 is 1.35 bits per heavy atom. The van der Waals surface area contributed by atoms with E-state index in [-0.39, 0.29) is 24.8 Å². The van der Waals surface area contributed by atoms with Crippen LogP contribution >= 0.6 is 0 Å². The van der Waals surface area contributed by atoms with Gasteiger partial charge >= 0.3 is 0 Å². The van der Waals surface area contributed by atoms with Crippen LogP contribution in [0.5, 0.6) is 11.5 Å². The summed E-state index contributed by atoms with van der Waals surface area (Å²) in [5.41, 5.74) is 0.450. The van der Waals surface area contributed by atoms with Gasteiger partial charge in [0.25, 0.3) is 11.9 Å². The quantitative estimate of drug-likeness (QED) is 0.492. The van der Waals surface area contributed by atoms with Crippen LogP contribution in [0.15, 0.2) is 23.2 Å². The highest BCUT2D eigenvalue weighted by atomic mass is 16.7. The zero-order chi connectivity index (χ0) is 16.7. The van der Waals surface area contributed by atoms with Gasteiger partial charge in [0.05, 0.1) is 6.10 Å². The first kappa shape index (κ1) is 17.1. The van der Waals surface area contributed by atoms with Crippen LogP contribution in [-0.4, -0.2) is 45.1 Å². The van der Waals surface area contributed by atoms with E-state index in [1.54, 1.807) is 25.3 Å². The van der Waals surface area contributed by atoms with Crippen LogP contribution in [0, 0.1) is 0 Å². The zero-order valence-electron chi connectivity index (χ0n) is 13.6. The van der Waals surface area contributed by atoms with Gasteiger partial charge in [-0.25, -0.2) is 4.99 Å². The summed E-state index contributed by atoms with van der Waals surface area (Å²) >= 11 is 0.